The van der Waals surface area contributed by atoms with Gasteiger partial charge >= 0.3 is 6.18 Å². The van der Waals surface area contributed by atoms with E-state index < -0.39 is 94.9 Å². The zero-order valence-electron chi connectivity index (χ0n) is 34.9. The van der Waals surface area contributed by atoms with Crippen molar-refractivity contribution >= 4 is 28.6 Å². The topological polar surface area (TPSA) is 54.8 Å². The van der Waals surface area contributed by atoms with Gasteiger partial charge in [0.05, 0.1) is 32.3 Å². The summed E-state index contributed by atoms with van der Waals surface area (Å²) in [6, 6.07) is 9.36. The fourth-order valence-corrected chi connectivity index (χ4v) is 6.98. The van der Waals surface area contributed by atoms with E-state index in [2.05, 4.69) is 4.90 Å². The summed E-state index contributed by atoms with van der Waals surface area (Å²) in [6.45, 7) is -1.41. The Morgan fingerprint density at radius 3 is 2.35 bits per heavy atom. The van der Waals surface area contributed by atoms with Crippen LogP contribution in [0.5, 0.6) is 0 Å². The summed E-state index contributed by atoms with van der Waals surface area (Å²) < 4.78 is 136. The molecule has 5 aromatic rings. The maximum atomic E-state index is 14.9. The molecule has 0 atom stereocenters. The molecule has 1 aliphatic rings. The van der Waals surface area contributed by atoms with E-state index in [1.165, 1.54) is 48.5 Å². The van der Waals surface area contributed by atoms with Gasteiger partial charge in [-0.05, 0) is 59.8 Å². The van der Waals surface area contributed by atoms with Crippen LogP contribution >= 0.6 is 11.8 Å². The minimum atomic E-state index is -4.53. The van der Waals surface area contributed by atoms with E-state index in [4.69, 9.17) is 11.6 Å². The van der Waals surface area contributed by atoms with Gasteiger partial charge in [-0.1, -0.05) is 60.6 Å². The number of para-hydroxylation sites is 1. The van der Waals surface area contributed by atoms with Crippen molar-refractivity contribution in [3.8, 4) is 11.1 Å². The number of carbonyl (C=O) groups excluding carboxylic acids is 1. The van der Waals surface area contributed by atoms with E-state index in [0.717, 1.165) is 27.7 Å². The van der Waals surface area contributed by atoms with Gasteiger partial charge in [0.15, 0.2) is 17.1 Å². The van der Waals surface area contributed by atoms with Crippen LogP contribution in [0.15, 0.2) is 107 Å². The molecule has 0 radical (unpaired) electrons. The minimum Gasteiger partial charge on any atom is -0.383 e. The summed E-state index contributed by atoms with van der Waals surface area (Å²) in [4.78, 5) is 31.7. The fraction of sp³-hybridized carbons (Fsp3) is 0.300. The SMILES string of the molecule is [2H]c1c([2H])c([2H])c2c(c1[2H])c(=O)c([2H])c(SCc1cccc(F)c1F)n2CC(=O)N(C1CCN(CCOC)CC1)C([2H])([2H])c1ccc(-c2ccc(C(F)(F)F)cc2)cc1. The van der Waals surface area contributed by atoms with Crippen molar-refractivity contribution in [2.75, 3.05) is 33.4 Å². The van der Waals surface area contributed by atoms with Crippen LogP contribution < -0.4 is 5.43 Å². The van der Waals surface area contributed by atoms with Gasteiger partial charge in [0.25, 0.3) is 0 Å². The number of methoxy groups -OCH3 is 1. The molecule has 1 fully saturated rings. The van der Waals surface area contributed by atoms with Gasteiger partial charge in [0, 0.05) is 62.0 Å². The number of hydrogen-bond donors (Lipinski definition) is 0. The van der Waals surface area contributed by atoms with E-state index in [1.54, 1.807) is 7.11 Å². The Kier molecular flexibility index (Phi) is 9.16. The number of thioether (sulfide) groups is 1. The van der Waals surface area contributed by atoms with Crippen molar-refractivity contribution < 1.29 is 41.1 Å². The zero-order valence-corrected chi connectivity index (χ0v) is 28.8. The summed E-state index contributed by atoms with van der Waals surface area (Å²) in [7, 11) is 1.56. The number of hydrogen-bond acceptors (Lipinski definition) is 5. The first-order chi connectivity index (χ1) is 27.9. The third-order valence-electron chi connectivity index (χ3n) is 8.80. The molecule has 2 heterocycles. The Balaban J connectivity index is 1.45. The molecule has 4 aromatic carbocycles. The summed E-state index contributed by atoms with van der Waals surface area (Å²) in [5.74, 6) is -3.56. The minimum absolute atomic E-state index is 0.0207. The van der Waals surface area contributed by atoms with Gasteiger partial charge in [-0.25, -0.2) is 8.78 Å². The second-order valence-electron chi connectivity index (χ2n) is 12.2. The van der Waals surface area contributed by atoms with Crippen LogP contribution in [-0.2, 0) is 34.5 Å². The fourth-order valence-electron chi connectivity index (χ4n) is 5.99. The van der Waals surface area contributed by atoms with Gasteiger partial charge in [-0.2, -0.15) is 13.2 Å². The highest BCUT2D eigenvalue weighted by Crippen LogP contribution is 2.32. The molecule has 1 aromatic heterocycles. The normalized spacial score (nSPS) is 16.4. The number of pyridine rings is 1. The number of likely N-dealkylation sites (tertiary alicyclic amines) is 1. The Labute approximate surface area is 312 Å². The number of alkyl halides is 3. The standard InChI is InChI=1S/C40H38F5N3O3S/c1-51-22-21-46-19-17-32(18-20-46)47(24-27-9-11-28(12-10-27)29-13-15-31(16-14-29)40(43,44)45)37(50)25-48-35-8-3-2-6-33(35)36(49)23-38(48)52-26-30-5-4-7-34(41)39(30)42/h2-16,23,32H,17-22,24-26H2,1H3/i2D,3D,6D,8D,23D,24D2. The van der Waals surface area contributed by atoms with Crippen LogP contribution in [0, 0.1) is 11.6 Å². The molecule has 6 nitrogen and oxygen atoms in total. The molecule has 0 aliphatic carbocycles. The molecular formula is C40H38F5N3O3S. The predicted octanol–water partition coefficient (Wildman–Crippen LogP) is 8.40. The second kappa shape index (κ2) is 16.4. The third-order valence-corrected chi connectivity index (χ3v) is 9.85. The van der Waals surface area contributed by atoms with Crippen LogP contribution in [0.1, 0.15) is 39.1 Å². The molecule has 52 heavy (non-hydrogen) atoms. The Hall–Kier alpha value is -4.52. The third kappa shape index (κ3) is 8.74. The lowest BCUT2D eigenvalue weighted by Crippen LogP contribution is -2.48. The number of fused-ring (bicyclic) bond motifs is 1. The zero-order chi connectivity index (χ0) is 43.0. The number of rotatable bonds is 12. The van der Waals surface area contributed by atoms with Crippen molar-refractivity contribution in [1.82, 2.24) is 14.4 Å². The number of ether oxygens (including phenoxy) is 1. The molecule has 0 unspecified atom stereocenters. The second-order valence-corrected chi connectivity index (χ2v) is 13.1. The molecule has 272 valence electrons. The average Bonchev–Trinajstić information content (AvgIpc) is 3.21. The molecule has 1 aliphatic heterocycles. The Morgan fingerprint density at radius 1 is 1.00 bits per heavy atom. The largest absolute Gasteiger partial charge is 0.416 e. The average molecular weight is 743 g/mol. The first-order valence-corrected chi connectivity index (χ1v) is 17.4. The van der Waals surface area contributed by atoms with Crippen molar-refractivity contribution in [2.24, 2.45) is 0 Å². The molecule has 1 amide bonds. The predicted molar refractivity (Wildman–Crippen MR) is 193 cm³/mol. The summed E-state index contributed by atoms with van der Waals surface area (Å²) in [6.07, 6.45) is -3.91. The number of amides is 1. The number of nitrogens with zero attached hydrogens (tertiary/aromatic N) is 3. The smallest absolute Gasteiger partial charge is 0.383 e. The lowest BCUT2D eigenvalue weighted by Gasteiger charge is -2.39. The van der Waals surface area contributed by atoms with Crippen LogP contribution in [-0.4, -0.2) is 59.7 Å². The van der Waals surface area contributed by atoms with Crippen molar-refractivity contribution in [3.63, 3.8) is 0 Å². The van der Waals surface area contributed by atoms with Crippen molar-refractivity contribution in [3.05, 3.63) is 135 Å². The first-order valence-electron chi connectivity index (χ1n) is 19.9. The van der Waals surface area contributed by atoms with Crippen LogP contribution in [0.2, 0.25) is 0 Å². The summed E-state index contributed by atoms with van der Waals surface area (Å²) >= 11 is 0.677. The van der Waals surface area contributed by atoms with Crippen LogP contribution in [0.4, 0.5) is 22.0 Å². The number of halogens is 5. The summed E-state index contributed by atoms with van der Waals surface area (Å²) in [5.41, 5.74) is -1.55. The maximum Gasteiger partial charge on any atom is 0.416 e. The van der Waals surface area contributed by atoms with E-state index in [0.29, 0.717) is 62.0 Å². The highest BCUT2D eigenvalue weighted by Gasteiger charge is 2.31. The van der Waals surface area contributed by atoms with Gasteiger partial charge in [-0.3, -0.25) is 9.59 Å². The molecule has 0 saturated carbocycles. The molecule has 0 spiro atoms. The van der Waals surface area contributed by atoms with E-state index in [9.17, 15) is 34.3 Å². The molecule has 0 N–H and O–H groups in total. The van der Waals surface area contributed by atoms with Gasteiger partial charge in [0.1, 0.15) is 6.54 Å². The van der Waals surface area contributed by atoms with Crippen LogP contribution in [0.3, 0.4) is 0 Å². The lowest BCUT2D eigenvalue weighted by molar-refractivity contribution is -0.137. The van der Waals surface area contributed by atoms with Gasteiger partial charge < -0.3 is 19.1 Å². The number of carbonyl (C=O) groups is 1. The number of benzene rings is 4. The molecule has 6 rings (SSSR count). The number of aromatic nitrogens is 1. The van der Waals surface area contributed by atoms with E-state index >= 15 is 0 Å². The van der Waals surface area contributed by atoms with Gasteiger partial charge in [0.2, 0.25) is 5.91 Å². The first kappa shape index (κ1) is 29.0. The quantitative estimate of drug-likeness (QED) is 0.0950. The van der Waals surface area contributed by atoms with Crippen LogP contribution in [0.25, 0.3) is 22.0 Å². The van der Waals surface area contributed by atoms with Gasteiger partial charge in [-0.15, -0.1) is 11.8 Å². The number of piperidine rings is 1. The van der Waals surface area contributed by atoms with E-state index in [1.807, 2.05) is 0 Å². The molecule has 1 saturated heterocycles. The highest BCUT2D eigenvalue weighted by molar-refractivity contribution is 7.98. The van der Waals surface area contributed by atoms with Crippen molar-refractivity contribution in [1.29, 1.82) is 0 Å². The van der Waals surface area contributed by atoms with E-state index in [-0.39, 0.29) is 21.9 Å². The lowest BCUT2D eigenvalue weighted by atomic mass is 10.00. The maximum absolute atomic E-state index is 14.9. The molecule has 0 bridgehead atoms. The molecular weight excluding hydrogens is 698 g/mol. The molecule has 12 heteroatoms. The Bertz CT molecular complexity index is 2430. The highest BCUT2D eigenvalue weighted by atomic mass is 32.2. The Morgan fingerprint density at radius 2 is 1.67 bits per heavy atom. The van der Waals surface area contributed by atoms with Crippen molar-refractivity contribution in [2.45, 2.75) is 48.9 Å². The monoisotopic (exact) mass is 742 g/mol. The summed E-state index contributed by atoms with van der Waals surface area (Å²) in [5, 5.41) is -0.865.